The highest BCUT2D eigenvalue weighted by Gasteiger charge is 2.21. The number of carboxylic acids is 1. The van der Waals surface area contributed by atoms with Crippen LogP contribution in [0, 0.1) is 5.82 Å². The highest BCUT2D eigenvalue weighted by molar-refractivity contribution is 5.93. The zero-order valence-electron chi connectivity index (χ0n) is 14.2. The van der Waals surface area contributed by atoms with E-state index in [9.17, 15) is 27.9 Å². The van der Waals surface area contributed by atoms with Crippen LogP contribution >= 0.6 is 0 Å². The third kappa shape index (κ3) is 3.25. The molecule has 142 valence electrons. The number of nitrogens with zero attached hydrogens (tertiary/aromatic N) is 3. The normalized spacial score (nSPS) is 11.5. The number of carbonyl (C=O) groups is 1. The van der Waals surface area contributed by atoms with Crippen molar-refractivity contribution in [1.82, 2.24) is 14.1 Å². The maximum absolute atomic E-state index is 14.3. The van der Waals surface area contributed by atoms with Gasteiger partial charge >= 0.3 is 18.3 Å². The average Bonchev–Trinajstić information content (AvgIpc) is 2.87. The number of pyridine rings is 1. The Kier molecular flexibility index (Phi) is 4.64. The molecule has 0 aliphatic heterocycles. The fourth-order valence-electron chi connectivity index (χ4n) is 2.82. The van der Waals surface area contributed by atoms with E-state index in [2.05, 4.69) is 9.72 Å². The maximum atomic E-state index is 14.3. The molecule has 0 bridgehead atoms. The van der Waals surface area contributed by atoms with Crippen LogP contribution in [0.5, 0.6) is 5.88 Å². The largest absolute Gasteiger partial charge is 0.478 e. The molecular formula is C17H14F3N3O4. The second kappa shape index (κ2) is 6.78. The van der Waals surface area contributed by atoms with E-state index in [4.69, 9.17) is 0 Å². The number of aromatic carboxylic acids is 1. The standard InChI is InChI=1S/C17H14F3N3O4/c1-8(2)22-13-5-9(15(24)25)3-4-11(13)23(17(22)26)12-6-14(27-16(19)20)21-7-10(12)18/h3-8,16H,1-2H3,(H,24,25). The molecule has 0 aliphatic rings. The minimum absolute atomic E-state index is 0.0500. The fourth-order valence-corrected chi connectivity index (χ4v) is 2.82. The zero-order chi connectivity index (χ0) is 19.9. The molecule has 0 saturated carbocycles. The van der Waals surface area contributed by atoms with Crippen molar-refractivity contribution in [3.8, 4) is 11.6 Å². The molecule has 0 aliphatic carbocycles. The monoisotopic (exact) mass is 381 g/mol. The van der Waals surface area contributed by atoms with Crippen molar-refractivity contribution in [2.45, 2.75) is 26.5 Å². The number of hydrogen-bond acceptors (Lipinski definition) is 4. The van der Waals surface area contributed by atoms with Crippen LogP contribution in [0.2, 0.25) is 0 Å². The van der Waals surface area contributed by atoms with E-state index in [0.717, 1.165) is 10.6 Å². The summed E-state index contributed by atoms with van der Waals surface area (Å²) in [6.45, 7) is 0.238. The quantitative estimate of drug-likeness (QED) is 0.734. The fraction of sp³-hybridized carbons (Fsp3) is 0.235. The number of hydrogen-bond donors (Lipinski definition) is 1. The third-order valence-electron chi connectivity index (χ3n) is 3.90. The van der Waals surface area contributed by atoms with Crippen LogP contribution in [0.4, 0.5) is 13.2 Å². The summed E-state index contributed by atoms with van der Waals surface area (Å²) in [7, 11) is 0. The lowest BCUT2D eigenvalue weighted by atomic mass is 10.2. The molecule has 0 spiro atoms. The molecule has 10 heteroatoms. The van der Waals surface area contributed by atoms with E-state index in [1.54, 1.807) is 13.8 Å². The molecule has 0 unspecified atom stereocenters. The zero-order valence-corrected chi connectivity index (χ0v) is 14.2. The summed E-state index contributed by atoms with van der Waals surface area (Å²) in [4.78, 5) is 27.6. The summed E-state index contributed by atoms with van der Waals surface area (Å²) in [5, 5.41) is 9.18. The van der Waals surface area contributed by atoms with Gasteiger partial charge in [-0.15, -0.1) is 0 Å². The van der Waals surface area contributed by atoms with Crippen molar-refractivity contribution in [3.05, 3.63) is 52.3 Å². The second-order valence-electron chi connectivity index (χ2n) is 5.94. The smallest absolute Gasteiger partial charge is 0.388 e. The van der Waals surface area contributed by atoms with Crippen molar-refractivity contribution in [3.63, 3.8) is 0 Å². The van der Waals surface area contributed by atoms with Gasteiger partial charge in [0.05, 0.1) is 28.5 Å². The summed E-state index contributed by atoms with van der Waals surface area (Å²) in [5.41, 5.74) is -0.561. The Labute approximate surface area is 150 Å². The SMILES string of the molecule is CC(C)n1c(=O)n(-c2cc(OC(F)F)ncc2F)c2ccc(C(=O)O)cc21. The molecule has 3 rings (SSSR count). The number of carboxylic acid groups (broad SMARTS) is 1. The molecule has 0 saturated heterocycles. The summed E-state index contributed by atoms with van der Waals surface area (Å²) in [5.74, 6) is -2.67. The average molecular weight is 381 g/mol. The van der Waals surface area contributed by atoms with Gasteiger partial charge in [-0.05, 0) is 32.0 Å². The van der Waals surface area contributed by atoms with Gasteiger partial charge in [0.25, 0.3) is 0 Å². The molecule has 0 fully saturated rings. The molecule has 1 aromatic carbocycles. The lowest BCUT2D eigenvalue weighted by Crippen LogP contribution is -2.25. The van der Waals surface area contributed by atoms with Gasteiger partial charge in [-0.25, -0.2) is 19.0 Å². The highest BCUT2D eigenvalue weighted by Crippen LogP contribution is 2.25. The number of rotatable bonds is 5. The third-order valence-corrected chi connectivity index (χ3v) is 3.90. The van der Waals surface area contributed by atoms with Crippen molar-refractivity contribution in [2.24, 2.45) is 0 Å². The second-order valence-corrected chi connectivity index (χ2v) is 5.94. The topological polar surface area (TPSA) is 86.4 Å². The molecule has 1 N–H and O–H groups in total. The van der Waals surface area contributed by atoms with Crippen LogP contribution in [0.3, 0.4) is 0 Å². The Hall–Kier alpha value is -3.30. The molecule has 27 heavy (non-hydrogen) atoms. The van der Waals surface area contributed by atoms with Gasteiger partial charge in [-0.3, -0.25) is 9.13 Å². The minimum atomic E-state index is -3.16. The minimum Gasteiger partial charge on any atom is -0.478 e. The first-order chi connectivity index (χ1) is 12.7. The van der Waals surface area contributed by atoms with Crippen LogP contribution in [0.15, 0.2) is 35.3 Å². The van der Waals surface area contributed by atoms with Crippen molar-refractivity contribution < 1.29 is 27.8 Å². The Morgan fingerprint density at radius 1 is 1.22 bits per heavy atom. The first-order valence-electron chi connectivity index (χ1n) is 7.81. The van der Waals surface area contributed by atoms with E-state index in [1.165, 1.54) is 22.8 Å². The summed E-state index contributed by atoms with van der Waals surface area (Å²) >= 11 is 0. The molecule has 0 atom stereocenters. The predicted molar refractivity (Wildman–Crippen MR) is 89.3 cm³/mol. The number of benzene rings is 1. The summed E-state index contributed by atoms with van der Waals surface area (Å²) in [6, 6.07) is 4.43. The number of halogens is 3. The van der Waals surface area contributed by atoms with Crippen molar-refractivity contribution in [1.29, 1.82) is 0 Å². The molecule has 7 nitrogen and oxygen atoms in total. The molecule has 2 heterocycles. The van der Waals surface area contributed by atoms with Gasteiger partial charge in [-0.1, -0.05) is 0 Å². The number of fused-ring (bicyclic) bond motifs is 1. The highest BCUT2D eigenvalue weighted by atomic mass is 19.3. The van der Waals surface area contributed by atoms with Crippen molar-refractivity contribution in [2.75, 3.05) is 0 Å². The van der Waals surface area contributed by atoms with Crippen molar-refractivity contribution >= 4 is 17.0 Å². The molecular weight excluding hydrogens is 367 g/mol. The van der Waals surface area contributed by atoms with Crippen LogP contribution in [0.1, 0.15) is 30.2 Å². The molecule has 2 aromatic heterocycles. The molecule has 0 amide bonds. The summed E-state index contributed by atoms with van der Waals surface area (Å²) < 4.78 is 45.6. The van der Waals surface area contributed by atoms with E-state index in [1.807, 2.05) is 0 Å². The Morgan fingerprint density at radius 2 is 1.93 bits per heavy atom. The Morgan fingerprint density at radius 3 is 2.52 bits per heavy atom. The van der Waals surface area contributed by atoms with Gasteiger partial charge in [0, 0.05) is 12.1 Å². The number of imidazole rings is 1. The van der Waals surface area contributed by atoms with Gasteiger partial charge in [0.1, 0.15) is 0 Å². The Balaban J connectivity index is 2.34. The van der Waals surface area contributed by atoms with E-state index >= 15 is 0 Å². The molecule has 0 radical (unpaired) electrons. The van der Waals surface area contributed by atoms with Gasteiger partial charge in [0.2, 0.25) is 5.88 Å². The van der Waals surface area contributed by atoms with Crippen LogP contribution < -0.4 is 10.4 Å². The van der Waals surface area contributed by atoms with Crippen LogP contribution in [-0.2, 0) is 0 Å². The number of alkyl halides is 2. The van der Waals surface area contributed by atoms with E-state index in [-0.39, 0.29) is 28.3 Å². The van der Waals surface area contributed by atoms with Gasteiger partial charge < -0.3 is 9.84 Å². The maximum Gasteiger partial charge on any atom is 0.388 e. The number of aromatic nitrogens is 3. The first-order valence-corrected chi connectivity index (χ1v) is 7.81. The van der Waals surface area contributed by atoms with Gasteiger partial charge in [-0.2, -0.15) is 8.78 Å². The Bertz CT molecular complexity index is 1090. The van der Waals surface area contributed by atoms with E-state index in [0.29, 0.717) is 6.20 Å². The van der Waals surface area contributed by atoms with Crippen LogP contribution in [0.25, 0.3) is 16.7 Å². The summed E-state index contributed by atoms with van der Waals surface area (Å²) in [6.07, 6.45) is 0.670. The number of ether oxygens (including phenoxy) is 1. The van der Waals surface area contributed by atoms with Gasteiger partial charge in [0.15, 0.2) is 5.82 Å². The lowest BCUT2D eigenvalue weighted by Gasteiger charge is -2.08. The predicted octanol–water partition coefficient (Wildman–Crippen LogP) is 3.21. The molecule has 3 aromatic rings. The first kappa shape index (κ1) is 18.5. The lowest BCUT2D eigenvalue weighted by molar-refractivity contribution is -0.0529. The van der Waals surface area contributed by atoms with Crippen LogP contribution in [-0.4, -0.2) is 31.8 Å². The van der Waals surface area contributed by atoms with E-state index < -0.39 is 30.0 Å².